The van der Waals surface area contributed by atoms with Crippen LogP contribution >= 0.6 is 0 Å². The monoisotopic (exact) mass is 244 g/mol. The highest BCUT2D eigenvalue weighted by atomic mass is 16.5. The van der Waals surface area contributed by atoms with E-state index in [0.717, 1.165) is 40.8 Å². The van der Waals surface area contributed by atoms with Crippen molar-refractivity contribution in [1.29, 1.82) is 0 Å². The van der Waals surface area contributed by atoms with E-state index in [-0.39, 0.29) is 0 Å². The summed E-state index contributed by atoms with van der Waals surface area (Å²) in [5, 5.41) is 3.66. The second kappa shape index (κ2) is 3.56. The molecular formula is C15H20N2O. The average molecular weight is 244 g/mol. The number of hydrogen-bond donors (Lipinski definition) is 2. The molecule has 4 unspecified atom stereocenters. The van der Waals surface area contributed by atoms with E-state index < -0.39 is 0 Å². The Morgan fingerprint density at radius 2 is 1.94 bits per heavy atom. The minimum Gasteiger partial charge on any atom is -0.497 e. The van der Waals surface area contributed by atoms with Gasteiger partial charge >= 0.3 is 0 Å². The number of nitrogens with two attached hydrogens (primary N) is 1. The Morgan fingerprint density at radius 1 is 1.22 bits per heavy atom. The summed E-state index contributed by atoms with van der Waals surface area (Å²) in [7, 11) is 1.70. The van der Waals surface area contributed by atoms with Crippen LogP contribution in [0.4, 0.5) is 11.4 Å². The summed E-state index contributed by atoms with van der Waals surface area (Å²) in [4.78, 5) is 0. The van der Waals surface area contributed by atoms with Crippen LogP contribution < -0.4 is 15.8 Å². The molecule has 4 atom stereocenters. The Kier molecular flexibility index (Phi) is 2.08. The first-order chi connectivity index (χ1) is 8.78. The van der Waals surface area contributed by atoms with E-state index in [4.69, 9.17) is 10.5 Å². The maximum atomic E-state index is 6.04. The minimum absolute atomic E-state index is 0.672. The molecule has 0 aliphatic heterocycles. The van der Waals surface area contributed by atoms with Crippen LogP contribution in [0.15, 0.2) is 18.2 Å². The summed E-state index contributed by atoms with van der Waals surface area (Å²) in [6.45, 7) is 0. The van der Waals surface area contributed by atoms with Gasteiger partial charge in [-0.25, -0.2) is 0 Å². The van der Waals surface area contributed by atoms with E-state index >= 15 is 0 Å². The fraction of sp³-hybridized carbons (Fsp3) is 0.600. The maximum absolute atomic E-state index is 6.04. The molecule has 4 rings (SSSR count). The molecule has 18 heavy (non-hydrogen) atoms. The molecule has 0 saturated heterocycles. The molecule has 0 radical (unpaired) electrons. The number of nitrogens with one attached hydrogen (secondary N) is 1. The van der Waals surface area contributed by atoms with Crippen LogP contribution in [-0.2, 0) is 0 Å². The Balaban J connectivity index is 1.53. The molecule has 0 amide bonds. The lowest BCUT2D eigenvalue weighted by Crippen LogP contribution is -2.13. The van der Waals surface area contributed by atoms with Gasteiger partial charge in [0.2, 0.25) is 0 Å². The van der Waals surface area contributed by atoms with Gasteiger partial charge in [0.05, 0.1) is 18.5 Å². The summed E-state index contributed by atoms with van der Waals surface area (Å²) < 4.78 is 5.26. The first-order valence-electron chi connectivity index (χ1n) is 6.98. The molecule has 1 aromatic carbocycles. The normalized spacial score (nSPS) is 39.5. The molecule has 0 heterocycles. The van der Waals surface area contributed by atoms with Crippen LogP contribution in [-0.4, -0.2) is 13.2 Å². The molecule has 3 aliphatic rings. The van der Waals surface area contributed by atoms with Gasteiger partial charge in [-0.05, 0) is 55.1 Å². The van der Waals surface area contributed by atoms with Crippen molar-refractivity contribution < 1.29 is 4.74 Å². The van der Waals surface area contributed by atoms with E-state index in [9.17, 15) is 0 Å². The average Bonchev–Trinajstić information content (AvgIpc) is 2.79. The SMILES string of the molecule is COc1ccc(N)c(NC2C3C4CCC(C4)C23)c1. The van der Waals surface area contributed by atoms with E-state index in [0.29, 0.717) is 6.04 Å². The Labute approximate surface area is 108 Å². The number of nitrogen functional groups attached to an aromatic ring is 1. The van der Waals surface area contributed by atoms with Gasteiger partial charge in [0, 0.05) is 12.1 Å². The number of ether oxygens (including phenoxy) is 1. The third-order valence-electron chi connectivity index (χ3n) is 5.32. The van der Waals surface area contributed by atoms with Gasteiger partial charge in [0.1, 0.15) is 5.75 Å². The molecule has 3 fully saturated rings. The number of rotatable bonds is 3. The van der Waals surface area contributed by atoms with Crippen molar-refractivity contribution in [2.24, 2.45) is 23.7 Å². The van der Waals surface area contributed by atoms with Crippen molar-refractivity contribution in [1.82, 2.24) is 0 Å². The van der Waals surface area contributed by atoms with E-state index in [1.165, 1.54) is 19.3 Å². The van der Waals surface area contributed by atoms with Gasteiger partial charge in [-0.15, -0.1) is 0 Å². The Morgan fingerprint density at radius 3 is 2.61 bits per heavy atom. The molecule has 0 aromatic heterocycles. The predicted octanol–water partition coefficient (Wildman–Crippen LogP) is 2.73. The second-order valence-electron chi connectivity index (χ2n) is 6.11. The lowest BCUT2D eigenvalue weighted by atomic mass is 10.0. The van der Waals surface area contributed by atoms with Gasteiger partial charge < -0.3 is 15.8 Å². The summed E-state index contributed by atoms with van der Waals surface area (Å²) in [5.41, 5.74) is 7.91. The van der Waals surface area contributed by atoms with Crippen molar-refractivity contribution in [2.45, 2.75) is 25.3 Å². The van der Waals surface area contributed by atoms with Gasteiger partial charge in [-0.3, -0.25) is 0 Å². The summed E-state index contributed by atoms with van der Waals surface area (Å²) in [6, 6.07) is 6.53. The van der Waals surface area contributed by atoms with Gasteiger partial charge in [-0.1, -0.05) is 0 Å². The van der Waals surface area contributed by atoms with Crippen LogP contribution in [0.25, 0.3) is 0 Å². The fourth-order valence-electron chi connectivity index (χ4n) is 4.49. The molecule has 3 N–H and O–H groups in total. The largest absolute Gasteiger partial charge is 0.497 e. The lowest BCUT2D eigenvalue weighted by Gasteiger charge is -2.14. The summed E-state index contributed by atoms with van der Waals surface area (Å²) in [5.74, 6) is 4.71. The zero-order valence-electron chi connectivity index (χ0n) is 10.7. The number of methoxy groups -OCH3 is 1. The van der Waals surface area contributed by atoms with Crippen molar-refractivity contribution >= 4 is 11.4 Å². The molecule has 3 saturated carbocycles. The number of hydrogen-bond acceptors (Lipinski definition) is 3. The van der Waals surface area contributed by atoms with Crippen molar-refractivity contribution in [3.05, 3.63) is 18.2 Å². The van der Waals surface area contributed by atoms with Gasteiger partial charge in [0.15, 0.2) is 0 Å². The van der Waals surface area contributed by atoms with Crippen molar-refractivity contribution in [3.8, 4) is 5.75 Å². The van der Waals surface area contributed by atoms with E-state index in [2.05, 4.69) is 5.32 Å². The second-order valence-corrected chi connectivity index (χ2v) is 6.11. The smallest absolute Gasteiger partial charge is 0.121 e. The number of benzene rings is 1. The topological polar surface area (TPSA) is 47.3 Å². The number of anilines is 2. The molecule has 3 nitrogen and oxygen atoms in total. The molecule has 2 bridgehead atoms. The fourth-order valence-corrected chi connectivity index (χ4v) is 4.49. The van der Waals surface area contributed by atoms with Crippen molar-refractivity contribution in [3.63, 3.8) is 0 Å². The molecule has 96 valence electrons. The zero-order valence-corrected chi connectivity index (χ0v) is 10.7. The first-order valence-corrected chi connectivity index (χ1v) is 6.98. The molecule has 3 aliphatic carbocycles. The zero-order chi connectivity index (χ0) is 12.3. The lowest BCUT2D eigenvalue weighted by molar-refractivity contribution is 0.415. The first kappa shape index (κ1) is 10.5. The van der Waals surface area contributed by atoms with Gasteiger partial charge in [-0.2, -0.15) is 0 Å². The standard InChI is InChI=1S/C15H20N2O/c1-18-10-4-5-11(16)12(7-10)17-15-13-8-2-3-9(6-8)14(13)15/h4-5,7-9,13-15,17H,2-3,6,16H2,1H3. The maximum Gasteiger partial charge on any atom is 0.121 e. The third kappa shape index (κ3) is 1.36. The van der Waals surface area contributed by atoms with Crippen LogP contribution in [0.5, 0.6) is 5.75 Å². The van der Waals surface area contributed by atoms with E-state index in [1.54, 1.807) is 7.11 Å². The third-order valence-corrected chi connectivity index (χ3v) is 5.32. The predicted molar refractivity (Wildman–Crippen MR) is 72.6 cm³/mol. The Bertz CT molecular complexity index is 471. The van der Waals surface area contributed by atoms with E-state index in [1.807, 2.05) is 18.2 Å². The molecule has 1 aromatic rings. The Hall–Kier alpha value is -1.38. The number of fused-ring (bicyclic) bond motifs is 5. The quantitative estimate of drug-likeness (QED) is 0.804. The molecule has 3 heteroatoms. The van der Waals surface area contributed by atoms with Crippen LogP contribution in [0.2, 0.25) is 0 Å². The highest BCUT2D eigenvalue weighted by Gasteiger charge is 2.65. The summed E-state index contributed by atoms with van der Waals surface area (Å²) in [6.07, 6.45) is 4.40. The van der Waals surface area contributed by atoms with Crippen LogP contribution in [0.1, 0.15) is 19.3 Å². The highest BCUT2D eigenvalue weighted by molar-refractivity contribution is 5.69. The van der Waals surface area contributed by atoms with Crippen LogP contribution in [0, 0.1) is 23.7 Å². The summed E-state index contributed by atoms with van der Waals surface area (Å²) >= 11 is 0. The molecule has 0 spiro atoms. The van der Waals surface area contributed by atoms with Crippen LogP contribution in [0.3, 0.4) is 0 Å². The van der Waals surface area contributed by atoms with Gasteiger partial charge in [0.25, 0.3) is 0 Å². The highest BCUT2D eigenvalue weighted by Crippen LogP contribution is 2.66. The van der Waals surface area contributed by atoms with Crippen molar-refractivity contribution in [2.75, 3.05) is 18.2 Å². The minimum atomic E-state index is 0.672. The molecular weight excluding hydrogens is 224 g/mol.